The number of aliphatic carboxylic acids is 1. The lowest BCUT2D eigenvalue weighted by Gasteiger charge is -2.33. The zero-order valence-electron chi connectivity index (χ0n) is 11.6. The molecule has 1 aromatic carbocycles. The van der Waals surface area contributed by atoms with Crippen molar-refractivity contribution < 1.29 is 19.4 Å². The summed E-state index contributed by atoms with van der Waals surface area (Å²) < 4.78 is 5.28. The highest BCUT2D eigenvalue weighted by Crippen LogP contribution is 2.14. The maximum absolute atomic E-state index is 11.4. The molecule has 1 aliphatic rings. The average molecular weight is 290 g/mol. The smallest absolute Gasteiger partial charge is 0.328 e. The Balaban J connectivity index is 2.09. The topological polar surface area (TPSA) is 92.9 Å². The van der Waals surface area contributed by atoms with Crippen molar-refractivity contribution in [3.63, 3.8) is 0 Å². The molecule has 1 saturated heterocycles. The summed E-state index contributed by atoms with van der Waals surface area (Å²) >= 11 is 0. The van der Waals surface area contributed by atoms with Crippen LogP contribution in [0.25, 0.3) is 6.08 Å². The monoisotopic (exact) mass is 290 g/mol. The van der Waals surface area contributed by atoms with Crippen LogP contribution in [0, 0.1) is 0 Å². The summed E-state index contributed by atoms with van der Waals surface area (Å²) in [7, 11) is 0. The number of carboxylic acids is 1. The average Bonchev–Trinajstić information content (AvgIpc) is 2.46. The Kier molecular flexibility index (Phi) is 5.08. The van der Waals surface area contributed by atoms with Gasteiger partial charge in [-0.25, -0.2) is 4.79 Å². The predicted molar refractivity (Wildman–Crippen MR) is 77.3 cm³/mol. The van der Waals surface area contributed by atoms with Crippen molar-refractivity contribution in [2.75, 3.05) is 19.8 Å². The number of rotatable bonds is 5. The van der Waals surface area contributed by atoms with Crippen LogP contribution in [0.15, 0.2) is 30.3 Å². The summed E-state index contributed by atoms with van der Waals surface area (Å²) in [5.41, 5.74) is 7.19. The van der Waals surface area contributed by atoms with E-state index in [1.165, 1.54) is 6.08 Å². The molecular weight excluding hydrogens is 272 g/mol. The van der Waals surface area contributed by atoms with Gasteiger partial charge < -0.3 is 15.6 Å². The zero-order chi connectivity index (χ0) is 15.2. The Labute approximate surface area is 122 Å². The van der Waals surface area contributed by atoms with E-state index in [-0.39, 0.29) is 0 Å². The Morgan fingerprint density at radius 2 is 2.29 bits per heavy atom. The molecule has 0 radical (unpaired) electrons. The first-order valence-electron chi connectivity index (χ1n) is 6.67. The largest absolute Gasteiger partial charge is 0.478 e. The fraction of sp³-hybridized carbons (Fsp3) is 0.333. The molecule has 0 spiro atoms. The number of amides is 1. The minimum absolute atomic E-state index is 0.313. The molecule has 112 valence electrons. The maximum Gasteiger partial charge on any atom is 0.328 e. The van der Waals surface area contributed by atoms with Crippen LogP contribution in [0.5, 0.6) is 0 Å². The van der Waals surface area contributed by atoms with Crippen molar-refractivity contribution >= 4 is 18.0 Å². The predicted octanol–water partition coefficient (Wildman–Crippen LogP) is 0.471. The minimum Gasteiger partial charge on any atom is -0.478 e. The third-order valence-corrected chi connectivity index (χ3v) is 3.32. The van der Waals surface area contributed by atoms with Gasteiger partial charge in [0.15, 0.2) is 0 Å². The van der Waals surface area contributed by atoms with Crippen molar-refractivity contribution in [2.45, 2.75) is 12.6 Å². The Bertz CT molecular complexity index is 556. The Hall–Kier alpha value is -2.18. The quantitative estimate of drug-likeness (QED) is 0.769. The first-order valence-corrected chi connectivity index (χ1v) is 6.67. The van der Waals surface area contributed by atoms with E-state index in [4.69, 9.17) is 15.6 Å². The van der Waals surface area contributed by atoms with E-state index >= 15 is 0 Å². The van der Waals surface area contributed by atoms with Gasteiger partial charge in [0.05, 0.1) is 13.2 Å². The van der Waals surface area contributed by atoms with Crippen LogP contribution >= 0.6 is 0 Å². The zero-order valence-corrected chi connectivity index (χ0v) is 11.6. The van der Waals surface area contributed by atoms with Crippen LogP contribution in [0.1, 0.15) is 11.1 Å². The number of primary amides is 1. The van der Waals surface area contributed by atoms with Gasteiger partial charge in [-0.15, -0.1) is 0 Å². The number of ether oxygens (including phenoxy) is 1. The molecule has 2 rings (SSSR count). The molecule has 1 amide bonds. The molecule has 6 nitrogen and oxygen atoms in total. The lowest BCUT2D eigenvalue weighted by atomic mass is 10.1. The number of hydrogen-bond acceptors (Lipinski definition) is 4. The summed E-state index contributed by atoms with van der Waals surface area (Å²) in [6.45, 7) is 2.10. The fourth-order valence-electron chi connectivity index (χ4n) is 2.29. The first-order chi connectivity index (χ1) is 10.1. The van der Waals surface area contributed by atoms with Gasteiger partial charge in [0.25, 0.3) is 0 Å². The number of benzene rings is 1. The first kappa shape index (κ1) is 15.2. The van der Waals surface area contributed by atoms with Crippen LogP contribution in [-0.2, 0) is 20.9 Å². The summed E-state index contributed by atoms with van der Waals surface area (Å²) in [5.74, 6) is -1.38. The lowest BCUT2D eigenvalue weighted by molar-refractivity contribution is -0.131. The second-order valence-electron chi connectivity index (χ2n) is 4.88. The van der Waals surface area contributed by atoms with Gasteiger partial charge in [-0.1, -0.05) is 24.3 Å². The van der Waals surface area contributed by atoms with Crippen molar-refractivity contribution in [3.8, 4) is 0 Å². The van der Waals surface area contributed by atoms with Gasteiger partial charge >= 0.3 is 5.97 Å². The van der Waals surface area contributed by atoms with E-state index in [1.807, 2.05) is 29.2 Å². The molecule has 1 heterocycles. The molecule has 21 heavy (non-hydrogen) atoms. The molecule has 0 aromatic heterocycles. The Morgan fingerprint density at radius 1 is 1.48 bits per heavy atom. The number of hydrogen-bond donors (Lipinski definition) is 2. The van der Waals surface area contributed by atoms with Crippen LogP contribution in [0.4, 0.5) is 0 Å². The van der Waals surface area contributed by atoms with Crippen LogP contribution in [0.2, 0.25) is 0 Å². The minimum atomic E-state index is -0.984. The SMILES string of the molecule is NC(=O)C1COCCN1Cc1cccc(/C=C/C(=O)O)c1. The number of morpholine rings is 1. The van der Waals surface area contributed by atoms with E-state index in [0.29, 0.717) is 26.3 Å². The van der Waals surface area contributed by atoms with Crippen LogP contribution < -0.4 is 5.73 Å². The van der Waals surface area contributed by atoms with Gasteiger partial charge in [-0.2, -0.15) is 0 Å². The Morgan fingerprint density at radius 3 is 3.00 bits per heavy atom. The summed E-state index contributed by atoms with van der Waals surface area (Å²) in [6, 6.07) is 7.10. The fourth-order valence-corrected chi connectivity index (χ4v) is 2.29. The van der Waals surface area contributed by atoms with Gasteiger partial charge in [0.2, 0.25) is 5.91 Å². The molecule has 6 heteroatoms. The van der Waals surface area contributed by atoms with E-state index in [1.54, 1.807) is 0 Å². The number of carbonyl (C=O) groups is 2. The van der Waals surface area contributed by atoms with Crippen LogP contribution in [0.3, 0.4) is 0 Å². The molecule has 3 N–H and O–H groups in total. The molecule has 1 unspecified atom stereocenters. The third-order valence-electron chi connectivity index (χ3n) is 3.32. The van der Waals surface area contributed by atoms with Gasteiger partial charge in [-0.05, 0) is 17.2 Å². The number of nitrogens with zero attached hydrogens (tertiary/aromatic N) is 1. The molecule has 0 bridgehead atoms. The maximum atomic E-state index is 11.4. The number of carbonyl (C=O) groups excluding carboxylic acids is 1. The third kappa shape index (κ3) is 4.40. The van der Waals surface area contributed by atoms with Crippen LogP contribution in [-0.4, -0.2) is 47.7 Å². The van der Waals surface area contributed by atoms with E-state index < -0.39 is 17.9 Å². The second kappa shape index (κ2) is 7.01. The molecule has 1 aromatic rings. The molecular formula is C15H18N2O4. The van der Waals surface area contributed by atoms with Gasteiger partial charge in [0.1, 0.15) is 6.04 Å². The standard InChI is InChI=1S/C15H18N2O4/c16-15(20)13-10-21-7-6-17(13)9-12-3-1-2-11(8-12)4-5-14(18)19/h1-5,8,13H,6-7,9-10H2,(H2,16,20)(H,18,19)/b5-4+. The van der Waals surface area contributed by atoms with Crippen molar-refractivity contribution in [3.05, 3.63) is 41.5 Å². The molecule has 0 saturated carbocycles. The highest BCUT2D eigenvalue weighted by molar-refractivity contribution is 5.85. The van der Waals surface area contributed by atoms with Gasteiger partial charge in [-0.3, -0.25) is 9.69 Å². The van der Waals surface area contributed by atoms with Crippen molar-refractivity contribution in [1.29, 1.82) is 0 Å². The van der Waals surface area contributed by atoms with Gasteiger partial charge in [0, 0.05) is 19.2 Å². The normalized spacial score (nSPS) is 19.7. The number of nitrogens with two attached hydrogens (primary N) is 1. The molecule has 0 aliphatic carbocycles. The van der Waals surface area contributed by atoms with Crippen molar-refractivity contribution in [1.82, 2.24) is 4.90 Å². The summed E-state index contributed by atoms with van der Waals surface area (Å²) in [6.07, 6.45) is 2.64. The van der Waals surface area contributed by atoms with E-state index in [9.17, 15) is 9.59 Å². The molecule has 1 fully saturated rings. The number of carboxylic acid groups (broad SMARTS) is 1. The van der Waals surface area contributed by atoms with E-state index in [2.05, 4.69) is 0 Å². The van der Waals surface area contributed by atoms with E-state index in [0.717, 1.165) is 17.2 Å². The summed E-state index contributed by atoms with van der Waals surface area (Å²) in [5, 5.41) is 8.64. The summed E-state index contributed by atoms with van der Waals surface area (Å²) in [4.78, 5) is 23.9. The molecule has 1 aliphatic heterocycles. The second-order valence-corrected chi connectivity index (χ2v) is 4.88. The highest BCUT2D eigenvalue weighted by Gasteiger charge is 2.27. The highest BCUT2D eigenvalue weighted by atomic mass is 16.5. The van der Waals surface area contributed by atoms with Crippen molar-refractivity contribution in [2.24, 2.45) is 5.73 Å². The molecule has 1 atom stereocenters. The lowest BCUT2D eigenvalue weighted by Crippen LogP contribution is -2.51.